The van der Waals surface area contributed by atoms with Crippen molar-refractivity contribution in [3.05, 3.63) is 72.3 Å². The fourth-order valence-electron chi connectivity index (χ4n) is 3.84. The summed E-state index contributed by atoms with van der Waals surface area (Å²) in [7, 11) is 0. The van der Waals surface area contributed by atoms with E-state index in [0.29, 0.717) is 22.2 Å². The number of alkyl halides is 3. The van der Waals surface area contributed by atoms with Crippen molar-refractivity contribution in [2.45, 2.75) is 25.9 Å². The zero-order chi connectivity index (χ0) is 22.6. The summed E-state index contributed by atoms with van der Waals surface area (Å²) in [6, 6.07) is 8.84. The Bertz CT molecular complexity index is 1460. The van der Waals surface area contributed by atoms with Gasteiger partial charge in [-0.15, -0.1) is 0 Å². The van der Waals surface area contributed by atoms with Gasteiger partial charge in [-0.05, 0) is 30.3 Å². The summed E-state index contributed by atoms with van der Waals surface area (Å²) in [4.78, 5) is 15.2. The van der Waals surface area contributed by atoms with Crippen LogP contribution in [0.15, 0.2) is 55.0 Å². The summed E-state index contributed by atoms with van der Waals surface area (Å²) in [6.45, 7) is 4.04. The van der Waals surface area contributed by atoms with E-state index in [2.05, 4.69) is 19.9 Å². The van der Waals surface area contributed by atoms with Gasteiger partial charge in [0.15, 0.2) is 5.69 Å². The second-order valence-electron chi connectivity index (χ2n) is 7.81. The van der Waals surface area contributed by atoms with Crippen LogP contribution in [0.3, 0.4) is 0 Å². The number of nitrogens with zero attached hydrogens (tertiary/aromatic N) is 4. The van der Waals surface area contributed by atoms with Crippen molar-refractivity contribution < 1.29 is 17.6 Å². The zero-order valence-corrected chi connectivity index (χ0v) is 17.1. The van der Waals surface area contributed by atoms with Gasteiger partial charge in [0.25, 0.3) is 0 Å². The summed E-state index contributed by atoms with van der Waals surface area (Å²) in [5.74, 6) is 0.478. The molecule has 4 heterocycles. The van der Waals surface area contributed by atoms with Gasteiger partial charge >= 0.3 is 6.18 Å². The minimum absolute atomic E-state index is 0.0318. The van der Waals surface area contributed by atoms with Gasteiger partial charge in [0.2, 0.25) is 0 Å². The number of halogens is 4. The average molecular weight is 439 g/mol. The first-order chi connectivity index (χ1) is 15.2. The van der Waals surface area contributed by atoms with Gasteiger partial charge in [-0.3, -0.25) is 4.98 Å². The van der Waals surface area contributed by atoms with Crippen LogP contribution in [0.1, 0.15) is 31.3 Å². The van der Waals surface area contributed by atoms with E-state index < -0.39 is 17.7 Å². The molecule has 4 aromatic heterocycles. The standard InChI is InChI=1S/C23H17F4N5/c1-12(2)22-29-11-19-15(4-3-7-32(19)22)13-8-16(20(28-10-13)23(25,26)27)21-30-17-6-5-14(24)9-18(17)31-21/h3-12H,1-2H3,(H,30,31). The Balaban J connectivity index is 1.73. The molecule has 1 aromatic carbocycles. The topological polar surface area (TPSA) is 58.9 Å². The molecule has 5 rings (SSSR count). The van der Waals surface area contributed by atoms with E-state index in [-0.39, 0.29) is 17.3 Å². The number of imidazole rings is 2. The molecule has 0 aliphatic carbocycles. The highest BCUT2D eigenvalue weighted by molar-refractivity contribution is 5.84. The molecule has 0 saturated carbocycles. The third-order valence-corrected chi connectivity index (χ3v) is 5.28. The number of rotatable bonds is 3. The molecule has 0 radical (unpaired) electrons. The first kappa shape index (κ1) is 20.2. The molecule has 0 aliphatic rings. The Morgan fingerprint density at radius 3 is 2.56 bits per heavy atom. The molecule has 5 nitrogen and oxygen atoms in total. The second kappa shape index (κ2) is 7.15. The van der Waals surface area contributed by atoms with Gasteiger partial charge in [-0.2, -0.15) is 13.2 Å². The highest BCUT2D eigenvalue weighted by Gasteiger charge is 2.36. The maximum absolute atomic E-state index is 13.8. The molecule has 5 aromatic rings. The lowest BCUT2D eigenvalue weighted by molar-refractivity contribution is -0.140. The molecule has 9 heteroatoms. The molecule has 0 bridgehead atoms. The lowest BCUT2D eigenvalue weighted by Gasteiger charge is -2.13. The van der Waals surface area contributed by atoms with E-state index in [1.165, 1.54) is 30.5 Å². The molecule has 0 spiro atoms. The first-order valence-corrected chi connectivity index (χ1v) is 9.91. The van der Waals surface area contributed by atoms with Gasteiger partial charge in [0.1, 0.15) is 17.5 Å². The van der Waals surface area contributed by atoms with Gasteiger partial charge in [0, 0.05) is 35.0 Å². The van der Waals surface area contributed by atoms with E-state index in [1.54, 1.807) is 6.20 Å². The highest BCUT2D eigenvalue weighted by atomic mass is 19.4. The third-order valence-electron chi connectivity index (χ3n) is 5.28. The maximum Gasteiger partial charge on any atom is 0.434 e. The Labute approximate surface area is 179 Å². The van der Waals surface area contributed by atoms with Gasteiger partial charge < -0.3 is 9.38 Å². The van der Waals surface area contributed by atoms with Gasteiger partial charge in [0.05, 0.1) is 22.7 Å². The number of benzene rings is 1. The maximum atomic E-state index is 13.8. The molecule has 162 valence electrons. The number of nitrogens with one attached hydrogen (secondary N) is 1. The predicted molar refractivity (Wildman–Crippen MR) is 113 cm³/mol. The van der Waals surface area contributed by atoms with Crippen LogP contribution >= 0.6 is 0 Å². The Morgan fingerprint density at radius 2 is 1.81 bits per heavy atom. The second-order valence-corrected chi connectivity index (χ2v) is 7.81. The summed E-state index contributed by atoms with van der Waals surface area (Å²) in [5.41, 5.74) is 1.33. The van der Waals surface area contributed by atoms with E-state index in [0.717, 1.165) is 11.3 Å². The molecule has 0 aliphatic heterocycles. The number of fused-ring (bicyclic) bond motifs is 2. The lowest BCUT2D eigenvalue weighted by atomic mass is 10.0. The van der Waals surface area contributed by atoms with Crippen LogP contribution in [0.2, 0.25) is 0 Å². The van der Waals surface area contributed by atoms with Crippen molar-refractivity contribution >= 4 is 16.6 Å². The first-order valence-electron chi connectivity index (χ1n) is 9.91. The molecule has 0 fully saturated rings. The number of aromatic nitrogens is 5. The number of pyridine rings is 2. The SMILES string of the molecule is CC(C)c1ncc2c(-c3cnc(C(F)(F)F)c(-c4nc5ccc(F)cc5[nH]4)c3)cccn12. The van der Waals surface area contributed by atoms with Crippen molar-refractivity contribution in [2.24, 2.45) is 0 Å². The molecule has 32 heavy (non-hydrogen) atoms. The van der Waals surface area contributed by atoms with Crippen LogP contribution in [0, 0.1) is 5.82 Å². The monoisotopic (exact) mass is 439 g/mol. The van der Waals surface area contributed by atoms with Gasteiger partial charge in [-0.1, -0.05) is 19.9 Å². The Hall–Kier alpha value is -3.75. The molecule has 0 amide bonds. The van der Waals surface area contributed by atoms with Crippen molar-refractivity contribution in [2.75, 3.05) is 0 Å². The van der Waals surface area contributed by atoms with Crippen LogP contribution in [0.5, 0.6) is 0 Å². The average Bonchev–Trinajstić information content (AvgIpc) is 3.36. The van der Waals surface area contributed by atoms with Crippen LogP contribution < -0.4 is 0 Å². The largest absolute Gasteiger partial charge is 0.434 e. The minimum atomic E-state index is -4.69. The highest BCUT2D eigenvalue weighted by Crippen LogP contribution is 2.38. The summed E-state index contributed by atoms with van der Waals surface area (Å²) in [5, 5.41) is 0. The molecule has 0 saturated heterocycles. The van der Waals surface area contributed by atoms with Crippen molar-refractivity contribution in [3.8, 4) is 22.5 Å². The number of H-pyrrole nitrogens is 1. The smallest absolute Gasteiger partial charge is 0.338 e. The molecular weight excluding hydrogens is 422 g/mol. The van der Waals surface area contributed by atoms with Crippen LogP contribution in [0.4, 0.5) is 17.6 Å². The summed E-state index contributed by atoms with van der Waals surface area (Å²) < 4.78 is 56.7. The summed E-state index contributed by atoms with van der Waals surface area (Å²) in [6.07, 6.45) is 0.0803. The third kappa shape index (κ3) is 3.30. The fraction of sp³-hybridized carbons (Fsp3) is 0.174. The normalized spacial score (nSPS) is 12.3. The molecular formula is C23H17F4N5. The van der Waals surface area contributed by atoms with Crippen molar-refractivity contribution in [1.29, 1.82) is 0 Å². The van der Waals surface area contributed by atoms with E-state index in [9.17, 15) is 17.6 Å². The quantitative estimate of drug-likeness (QED) is 0.340. The van der Waals surface area contributed by atoms with Crippen molar-refractivity contribution in [1.82, 2.24) is 24.3 Å². The van der Waals surface area contributed by atoms with Crippen LogP contribution in [0.25, 0.3) is 39.1 Å². The number of hydrogen-bond donors (Lipinski definition) is 1. The van der Waals surface area contributed by atoms with Gasteiger partial charge in [-0.25, -0.2) is 14.4 Å². The predicted octanol–water partition coefficient (Wildman–Crippen LogP) is 6.22. The van der Waals surface area contributed by atoms with Crippen LogP contribution in [-0.2, 0) is 6.18 Å². The Kier molecular flexibility index (Phi) is 4.51. The van der Waals surface area contributed by atoms with Crippen LogP contribution in [-0.4, -0.2) is 24.3 Å². The summed E-state index contributed by atoms with van der Waals surface area (Å²) >= 11 is 0. The fourth-order valence-corrected chi connectivity index (χ4v) is 3.84. The molecule has 0 unspecified atom stereocenters. The lowest BCUT2D eigenvalue weighted by Crippen LogP contribution is -2.10. The molecule has 1 N–H and O–H groups in total. The molecule has 0 atom stereocenters. The van der Waals surface area contributed by atoms with E-state index in [4.69, 9.17) is 0 Å². The van der Waals surface area contributed by atoms with E-state index >= 15 is 0 Å². The Morgan fingerprint density at radius 1 is 1.00 bits per heavy atom. The zero-order valence-electron chi connectivity index (χ0n) is 17.1. The number of hydrogen-bond acceptors (Lipinski definition) is 3. The van der Waals surface area contributed by atoms with E-state index in [1.807, 2.05) is 36.6 Å². The number of aromatic amines is 1. The van der Waals surface area contributed by atoms with Crippen molar-refractivity contribution in [3.63, 3.8) is 0 Å². The minimum Gasteiger partial charge on any atom is -0.338 e.